The van der Waals surface area contributed by atoms with E-state index in [2.05, 4.69) is 16.0 Å². The Kier molecular flexibility index (Phi) is 5.45. The lowest BCUT2D eigenvalue weighted by Gasteiger charge is -2.03. The molecule has 11 nitrogen and oxygen atoms in total. The predicted octanol–water partition coefficient (Wildman–Crippen LogP) is 1.20. The molecule has 0 aliphatic rings. The van der Waals surface area contributed by atoms with Gasteiger partial charge in [0.05, 0.1) is 17.1 Å². The normalized spacial score (nSPS) is 10.5. The lowest BCUT2D eigenvalue weighted by Crippen LogP contribution is -2.15. The Morgan fingerprint density at radius 2 is 1.17 bits per heavy atom. The highest BCUT2D eigenvalue weighted by Crippen LogP contribution is 2.19. The maximum atomic E-state index is 12.6. The summed E-state index contributed by atoms with van der Waals surface area (Å²) < 4.78 is 4.57. The van der Waals surface area contributed by atoms with Gasteiger partial charge in [-0.1, -0.05) is 0 Å². The van der Waals surface area contributed by atoms with Crippen LogP contribution in [0.5, 0.6) is 0 Å². The van der Waals surface area contributed by atoms with Crippen LogP contribution in [0.2, 0.25) is 0 Å². The number of nitrogens with zero attached hydrogens (tertiary/aromatic N) is 3. The van der Waals surface area contributed by atoms with Crippen molar-refractivity contribution in [1.29, 1.82) is 0 Å². The molecule has 0 saturated heterocycles. The van der Waals surface area contributed by atoms with Gasteiger partial charge in [-0.15, -0.1) is 0 Å². The Bertz CT molecular complexity index is 1150. The summed E-state index contributed by atoms with van der Waals surface area (Å²) in [4.78, 5) is 46.9. The van der Waals surface area contributed by atoms with Crippen molar-refractivity contribution in [2.75, 3.05) is 16.0 Å². The zero-order valence-corrected chi connectivity index (χ0v) is 16.5. The molecule has 155 valence electrons. The summed E-state index contributed by atoms with van der Waals surface area (Å²) in [5, 5.41) is 7.86. The number of aromatic nitrogens is 3. The minimum Gasteiger partial charge on any atom is -0.344 e. The summed E-state index contributed by atoms with van der Waals surface area (Å²) in [6.07, 6.45) is 5.24. The van der Waals surface area contributed by atoms with Gasteiger partial charge in [-0.2, -0.15) is 0 Å². The molecular weight excluding hydrogens is 390 g/mol. The van der Waals surface area contributed by atoms with E-state index in [9.17, 15) is 19.2 Å². The van der Waals surface area contributed by atoms with E-state index in [4.69, 9.17) is 5.73 Å². The number of carbonyl (C=O) groups excluding carboxylic acids is 4. The Morgan fingerprint density at radius 1 is 0.767 bits per heavy atom. The lowest BCUT2D eigenvalue weighted by molar-refractivity contribution is -0.105. The quantitative estimate of drug-likeness (QED) is 0.503. The summed E-state index contributed by atoms with van der Waals surface area (Å²) in [6, 6.07) is 4.46. The van der Waals surface area contributed by atoms with E-state index in [0.29, 0.717) is 29.2 Å². The summed E-state index contributed by atoms with van der Waals surface area (Å²) in [6.45, 7) is 0. The first-order valence-corrected chi connectivity index (χ1v) is 8.77. The molecule has 11 heteroatoms. The van der Waals surface area contributed by atoms with Crippen LogP contribution in [0, 0.1) is 0 Å². The zero-order chi connectivity index (χ0) is 22.0. The van der Waals surface area contributed by atoms with E-state index in [-0.39, 0.29) is 11.4 Å². The summed E-state index contributed by atoms with van der Waals surface area (Å²) in [7, 11) is 4.93. The Labute approximate surface area is 171 Å². The molecule has 3 aromatic heterocycles. The Morgan fingerprint density at radius 3 is 1.60 bits per heavy atom. The fraction of sp³-hybridized carbons (Fsp3) is 0.158. The third-order valence-electron chi connectivity index (χ3n) is 4.45. The zero-order valence-electron chi connectivity index (χ0n) is 16.5. The molecule has 1 radical (unpaired) electrons. The van der Waals surface area contributed by atoms with Crippen LogP contribution in [0.15, 0.2) is 36.8 Å². The number of rotatable bonds is 7. The number of carbonyl (C=O) groups is 4. The van der Waals surface area contributed by atoms with Crippen molar-refractivity contribution >= 4 is 41.2 Å². The second-order valence-electron chi connectivity index (χ2n) is 6.67. The summed E-state index contributed by atoms with van der Waals surface area (Å²) in [5.41, 5.74) is 9.22. The number of nitrogens with one attached hydrogen (secondary N) is 4. The molecule has 4 amide bonds. The van der Waals surface area contributed by atoms with Gasteiger partial charge in [0.25, 0.3) is 17.7 Å². The van der Waals surface area contributed by atoms with Crippen LogP contribution in [-0.4, -0.2) is 37.8 Å². The number of hydrogen-bond donors (Lipinski definition) is 3. The van der Waals surface area contributed by atoms with Gasteiger partial charge < -0.3 is 29.7 Å². The molecule has 4 N–H and O–H groups in total. The molecule has 0 fully saturated rings. The van der Waals surface area contributed by atoms with Crippen LogP contribution >= 0.6 is 0 Å². The minimum atomic E-state index is -0.853. The van der Waals surface area contributed by atoms with E-state index in [0.717, 1.165) is 0 Å². The summed E-state index contributed by atoms with van der Waals surface area (Å²) >= 11 is 0. The first-order valence-electron chi connectivity index (χ1n) is 8.77. The highest BCUT2D eigenvalue weighted by molar-refractivity contribution is 6.07. The Balaban J connectivity index is 1.74. The first-order chi connectivity index (χ1) is 14.2. The van der Waals surface area contributed by atoms with Crippen LogP contribution in [0.1, 0.15) is 31.5 Å². The van der Waals surface area contributed by atoms with Crippen LogP contribution in [0.4, 0.5) is 17.1 Å². The smallest absolute Gasteiger partial charge is 0.286 e. The van der Waals surface area contributed by atoms with Crippen molar-refractivity contribution in [1.82, 2.24) is 19.4 Å². The van der Waals surface area contributed by atoms with E-state index in [1.807, 2.05) is 0 Å². The molecule has 3 rings (SSSR count). The van der Waals surface area contributed by atoms with Crippen molar-refractivity contribution in [2.45, 2.75) is 0 Å². The van der Waals surface area contributed by atoms with Gasteiger partial charge in [-0.25, -0.2) is 0 Å². The third-order valence-corrected chi connectivity index (χ3v) is 4.45. The molecule has 0 unspecified atom stereocenters. The molecule has 0 bridgehead atoms. The first kappa shape index (κ1) is 20.5. The average Bonchev–Trinajstić information content (AvgIpc) is 3.32. The van der Waals surface area contributed by atoms with Crippen LogP contribution in [-0.2, 0) is 25.9 Å². The van der Waals surface area contributed by atoms with Crippen molar-refractivity contribution in [3.8, 4) is 0 Å². The van der Waals surface area contributed by atoms with Crippen molar-refractivity contribution < 1.29 is 19.2 Å². The predicted molar refractivity (Wildman–Crippen MR) is 109 cm³/mol. The standard InChI is InChI=1S/C19H20N7O4/c1-24-8-12(5-14(24)17(20)28)22-19(30)16-6-13(9-26(16)3)23-18(29)15-4-11(21-10-27)7-25(15)2/h4-10,20H,1-3H3,(H,21,27)(H,22,30)(H,23,29). The number of aryl methyl sites for hydroxylation is 3. The fourth-order valence-corrected chi connectivity index (χ4v) is 3.04. The van der Waals surface area contributed by atoms with Gasteiger partial charge in [0, 0.05) is 39.7 Å². The van der Waals surface area contributed by atoms with Gasteiger partial charge in [0.2, 0.25) is 6.41 Å². The second-order valence-corrected chi connectivity index (χ2v) is 6.67. The molecule has 0 aromatic carbocycles. The van der Waals surface area contributed by atoms with Gasteiger partial charge in [-0.3, -0.25) is 24.9 Å². The van der Waals surface area contributed by atoms with Gasteiger partial charge in [0.15, 0.2) is 0 Å². The van der Waals surface area contributed by atoms with Crippen LogP contribution in [0.25, 0.3) is 0 Å². The molecule has 0 spiro atoms. The van der Waals surface area contributed by atoms with Gasteiger partial charge >= 0.3 is 0 Å². The topological polar surface area (TPSA) is 143 Å². The van der Waals surface area contributed by atoms with Gasteiger partial charge in [-0.05, 0) is 18.2 Å². The molecule has 0 aliphatic carbocycles. The fourth-order valence-electron chi connectivity index (χ4n) is 3.04. The lowest BCUT2D eigenvalue weighted by atomic mass is 10.3. The highest BCUT2D eigenvalue weighted by atomic mass is 16.2. The molecule has 3 heterocycles. The molecule has 0 saturated carbocycles. The summed E-state index contributed by atoms with van der Waals surface area (Å²) in [5.74, 6) is -1.70. The van der Waals surface area contributed by atoms with Gasteiger partial charge in [0.1, 0.15) is 17.1 Å². The van der Waals surface area contributed by atoms with Crippen LogP contribution in [0.3, 0.4) is 0 Å². The maximum Gasteiger partial charge on any atom is 0.286 e. The monoisotopic (exact) mass is 410 g/mol. The van der Waals surface area contributed by atoms with E-state index in [1.165, 1.54) is 29.0 Å². The molecule has 0 atom stereocenters. The minimum absolute atomic E-state index is 0.149. The van der Waals surface area contributed by atoms with E-state index in [1.54, 1.807) is 42.7 Å². The molecule has 30 heavy (non-hydrogen) atoms. The van der Waals surface area contributed by atoms with Crippen LogP contribution < -0.4 is 21.7 Å². The number of hydrogen-bond acceptors (Lipinski definition) is 4. The molecule has 3 aromatic rings. The number of amides is 4. The van der Waals surface area contributed by atoms with Crippen molar-refractivity contribution in [2.24, 2.45) is 21.1 Å². The highest BCUT2D eigenvalue weighted by Gasteiger charge is 2.17. The van der Waals surface area contributed by atoms with Crippen molar-refractivity contribution in [3.05, 3.63) is 53.9 Å². The number of anilines is 3. The SMILES string of the molecule is Cn1cc(NC(=O)c2cc(NC(=O)c3cc(NC=O)cn3C)cn2C)cc1C([NH])=O. The maximum absolute atomic E-state index is 12.6. The Hall–Kier alpha value is -4.28. The van der Waals surface area contributed by atoms with E-state index < -0.39 is 17.7 Å². The van der Waals surface area contributed by atoms with E-state index >= 15 is 0 Å². The molecule has 0 aliphatic heterocycles. The second kappa shape index (κ2) is 7.99. The average molecular weight is 410 g/mol. The molecular formula is C19H20N7O4. The van der Waals surface area contributed by atoms with Crippen molar-refractivity contribution in [3.63, 3.8) is 0 Å². The third kappa shape index (κ3) is 4.09. The largest absolute Gasteiger partial charge is 0.344 e.